The van der Waals surface area contributed by atoms with Gasteiger partial charge in [0.25, 0.3) is 5.91 Å². The zero-order chi connectivity index (χ0) is 15.5. The van der Waals surface area contributed by atoms with Gasteiger partial charge in [-0.25, -0.2) is 13.6 Å². The molecule has 1 fully saturated rings. The third-order valence-electron chi connectivity index (χ3n) is 3.27. The van der Waals surface area contributed by atoms with Crippen LogP contribution in [0.2, 0.25) is 0 Å². The molecule has 7 nitrogen and oxygen atoms in total. The molecule has 0 saturated carbocycles. The van der Waals surface area contributed by atoms with Gasteiger partial charge < -0.3 is 10.6 Å². The number of benzene rings is 1. The monoisotopic (exact) mass is 311 g/mol. The van der Waals surface area contributed by atoms with Crippen molar-refractivity contribution in [2.24, 2.45) is 5.14 Å². The maximum absolute atomic E-state index is 12.1. The fraction of sp³-hybridized carbons (Fsp3) is 0.385. The maximum Gasteiger partial charge on any atom is 0.251 e. The molecule has 0 spiro atoms. The second kappa shape index (κ2) is 6.23. The third-order valence-corrected chi connectivity index (χ3v) is 4.18. The first kappa shape index (κ1) is 15.5. The molecular formula is C13H17N3O4S. The number of nitrogens with one attached hydrogen (secondary N) is 2. The Labute approximate surface area is 123 Å². The molecule has 0 aromatic heterocycles. The van der Waals surface area contributed by atoms with Crippen molar-refractivity contribution in [2.75, 3.05) is 6.54 Å². The van der Waals surface area contributed by atoms with Gasteiger partial charge in [-0.3, -0.25) is 9.59 Å². The fourth-order valence-electron chi connectivity index (χ4n) is 2.13. The van der Waals surface area contributed by atoms with E-state index in [0.717, 1.165) is 12.8 Å². The van der Waals surface area contributed by atoms with Crippen LogP contribution in [0.4, 0.5) is 0 Å². The van der Waals surface area contributed by atoms with Gasteiger partial charge in [-0.1, -0.05) is 6.07 Å². The van der Waals surface area contributed by atoms with Crippen molar-refractivity contribution in [2.45, 2.75) is 30.2 Å². The summed E-state index contributed by atoms with van der Waals surface area (Å²) in [5, 5.41) is 10.4. The van der Waals surface area contributed by atoms with Crippen LogP contribution in [-0.4, -0.2) is 32.8 Å². The predicted octanol–water partition coefficient (Wildman–Crippen LogP) is -0.268. The highest BCUT2D eigenvalue weighted by Gasteiger charge is 2.23. The lowest BCUT2D eigenvalue weighted by Crippen LogP contribution is -2.45. The van der Waals surface area contributed by atoms with Crippen molar-refractivity contribution in [3.05, 3.63) is 29.8 Å². The van der Waals surface area contributed by atoms with Crippen LogP contribution >= 0.6 is 0 Å². The normalized spacial score (nSPS) is 19.5. The highest BCUT2D eigenvalue weighted by molar-refractivity contribution is 7.89. The quantitative estimate of drug-likeness (QED) is 0.712. The van der Waals surface area contributed by atoms with E-state index >= 15 is 0 Å². The van der Waals surface area contributed by atoms with Crippen molar-refractivity contribution in [1.82, 2.24) is 10.6 Å². The zero-order valence-corrected chi connectivity index (χ0v) is 12.2. The minimum absolute atomic E-state index is 0.138. The predicted molar refractivity (Wildman–Crippen MR) is 75.9 cm³/mol. The molecular weight excluding hydrogens is 294 g/mol. The molecule has 1 aliphatic heterocycles. The molecule has 1 atom stereocenters. The molecule has 1 unspecified atom stereocenters. The first-order valence-corrected chi connectivity index (χ1v) is 8.14. The minimum atomic E-state index is -3.87. The molecule has 0 radical (unpaired) electrons. The summed E-state index contributed by atoms with van der Waals surface area (Å²) in [6, 6.07) is 4.81. The number of hydrogen-bond donors (Lipinski definition) is 3. The molecule has 0 aliphatic carbocycles. The molecule has 4 N–H and O–H groups in total. The van der Waals surface area contributed by atoms with E-state index in [0.29, 0.717) is 13.0 Å². The molecule has 2 rings (SSSR count). The fourth-order valence-corrected chi connectivity index (χ4v) is 2.69. The lowest BCUT2D eigenvalue weighted by atomic mass is 10.1. The van der Waals surface area contributed by atoms with Crippen LogP contribution in [0.15, 0.2) is 29.2 Å². The number of sulfonamides is 1. The number of carbonyl (C=O) groups excluding carboxylic acids is 2. The van der Waals surface area contributed by atoms with E-state index in [4.69, 9.17) is 5.14 Å². The van der Waals surface area contributed by atoms with Crippen molar-refractivity contribution in [3.8, 4) is 0 Å². The lowest BCUT2D eigenvalue weighted by molar-refractivity contribution is -0.122. The summed E-state index contributed by atoms with van der Waals surface area (Å²) >= 11 is 0. The number of hydrogen-bond acceptors (Lipinski definition) is 4. The first-order valence-electron chi connectivity index (χ1n) is 6.59. The van der Waals surface area contributed by atoms with Crippen molar-refractivity contribution in [3.63, 3.8) is 0 Å². The number of amides is 2. The Morgan fingerprint density at radius 2 is 2.10 bits per heavy atom. The molecule has 21 heavy (non-hydrogen) atoms. The average molecular weight is 311 g/mol. The number of rotatable bonds is 3. The topological polar surface area (TPSA) is 118 Å². The number of nitrogens with two attached hydrogens (primary N) is 1. The summed E-state index contributed by atoms with van der Waals surface area (Å²) in [5.41, 5.74) is 0.151. The van der Waals surface area contributed by atoms with E-state index in [1.807, 2.05) is 0 Å². The van der Waals surface area contributed by atoms with Gasteiger partial charge in [0.05, 0.1) is 4.90 Å². The Morgan fingerprint density at radius 3 is 2.81 bits per heavy atom. The zero-order valence-electron chi connectivity index (χ0n) is 11.3. The average Bonchev–Trinajstić information content (AvgIpc) is 2.63. The van der Waals surface area contributed by atoms with Gasteiger partial charge in [-0.05, 0) is 37.5 Å². The van der Waals surface area contributed by atoms with E-state index < -0.39 is 22.0 Å². The summed E-state index contributed by atoms with van der Waals surface area (Å²) in [5.74, 6) is -0.717. The van der Waals surface area contributed by atoms with Gasteiger partial charge >= 0.3 is 0 Å². The van der Waals surface area contributed by atoms with Crippen molar-refractivity contribution < 1.29 is 18.0 Å². The highest BCUT2D eigenvalue weighted by atomic mass is 32.2. The van der Waals surface area contributed by atoms with Crippen LogP contribution < -0.4 is 15.8 Å². The molecule has 1 heterocycles. The van der Waals surface area contributed by atoms with E-state index in [1.54, 1.807) is 0 Å². The SMILES string of the molecule is NS(=O)(=O)c1cccc(C(=O)NC2CCCCNC2=O)c1. The summed E-state index contributed by atoms with van der Waals surface area (Å²) in [6.07, 6.45) is 2.27. The van der Waals surface area contributed by atoms with E-state index in [9.17, 15) is 18.0 Å². The second-order valence-electron chi connectivity index (χ2n) is 4.89. The molecule has 114 valence electrons. The van der Waals surface area contributed by atoms with Gasteiger partial charge in [-0.15, -0.1) is 0 Å². The lowest BCUT2D eigenvalue weighted by Gasteiger charge is -2.15. The molecule has 2 amide bonds. The van der Waals surface area contributed by atoms with Crippen molar-refractivity contribution >= 4 is 21.8 Å². The molecule has 8 heteroatoms. The van der Waals surface area contributed by atoms with Gasteiger partial charge in [0.1, 0.15) is 6.04 Å². The Balaban J connectivity index is 2.15. The molecule has 1 aromatic rings. The van der Waals surface area contributed by atoms with E-state index in [1.165, 1.54) is 24.3 Å². The standard InChI is InChI=1S/C13H17N3O4S/c14-21(19,20)10-5-3-4-9(8-10)12(17)16-11-6-1-2-7-15-13(11)18/h3-5,8,11H,1-2,6-7H2,(H,15,18)(H,16,17)(H2,14,19,20). The minimum Gasteiger partial charge on any atom is -0.354 e. The van der Waals surface area contributed by atoms with E-state index in [-0.39, 0.29) is 16.4 Å². The summed E-state index contributed by atoms with van der Waals surface area (Å²) in [7, 11) is -3.87. The van der Waals surface area contributed by atoms with Crippen LogP contribution in [0.1, 0.15) is 29.6 Å². The maximum atomic E-state index is 12.1. The Hall–Kier alpha value is -1.93. The van der Waals surface area contributed by atoms with Gasteiger partial charge in [-0.2, -0.15) is 0 Å². The summed E-state index contributed by atoms with van der Waals surface area (Å²) in [4.78, 5) is 23.8. The van der Waals surface area contributed by atoms with Crippen molar-refractivity contribution in [1.29, 1.82) is 0 Å². The molecule has 1 aliphatic rings. The van der Waals surface area contributed by atoms with Crippen LogP contribution in [0.25, 0.3) is 0 Å². The summed E-state index contributed by atoms with van der Waals surface area (Å²) < 4.78 is 22.6. The third kappa shape index (κ3) is 4.02. The number of primary sulfonamides is 1. The second-order valence-corrected chi connectivity index (χ2v) is 6.45. The largest absolute Gasteiger partial charge is 0.354 e. The molecule has 1 aromatic carbocycles. The van der Waals surface area contributed by atoms with Gasteiger partial charge in [0.2, 0.25) is 15.9 Å². The Bertz CT molecular complexity index is 657. The Morgan fingerprint density at radius 1 is 1.33 bits per heavy atom. The summed E-state index contributed by atoms with van der Waals surface area (Å²) in [6.45, 7) is 0.603. The Kier molecular flexibility index (Phi) is 4.59. The van der Waals surface area contributed by atoms with Gasteiger partial charge in [0, 0.05) is 12.1 Å². The number of carbonyl (C=O) groups is 2. The van der Waals surface area contributed by atoms with E-state index in [2.05, 4.69) is 10.6 Å². The van der Waals surface area contributed by atoms with Crippen LogP contribution in [0.3, 0.4) is 0 Å². The molecule has 0 bridgehead atoms. The van der Waals surface area contributed by atoms with Crippen LogP contribution in [0, 0.1) is 0 Å². The molecule has 1 saturated heterocycles. The van der Waals surface area contributed by atoms with Gasteiger partial charge in [0.15, 0.2) is 0 Å². The van der Waals surface area contributed by atoms with Crippen LogP contribution in [0.5, 0.6) is 0 Å². The smallest absolute Gasteiger partial charge is 0.251 e. The first-order chi connectivity index (χ1) is 9.88. The van der Waals surface area contributed by atoms with Crippen LogP contribution in [-0.2, 0) is 14.8 Å². The highest BCUT2D eigenvalue weighted by Crippen LogP contribution is 2.11.